The van der Waals surface area contributed by atoms with Gasteiger partial charge in [0.15, 0.2) is 0 Å². The molecule has 1 fully saturated rings. The van der Waals surface area contributed by atoms with E-state index in [-0.39, 0.29) is 5.97 Å². The van der Waals surface area contributed by atoms with Gasteiger partial charge in [-0.1, -0.05) is 6.07 Å². The highest BCUT2D eigenvalue weighted by atomic mass is 16.6. The predicted octanol–water partition coefficient (Wildman–Crippen LogP) is 2.91. The summed E-state index contributed by atoms with van der Waals surface area (Å²) in [6.07, 6.45) is 4.28. The van der Waals surface area contributed by atoms with E-state index in [1.165, 1.54) is 18.4 Å². The van der Waals surface area contributed by atoms with Gasteiger partial charge in [0.25, 0.3) is 0 Å². The molecule has 1 aliphatic rings. The second-order valence-corrected chi connectivity index (χ2v) is 5.25. The lowest BCUT2D eigenvalue weighted by molar-refractivity contribution is 0.00628. The molecule has 3 heteroatoms. The molecule has 1 aromatic rings. The van der Waals surface area contributed by atoms with Gasteiger partial charge in [-0.25, -0.2) is 9.78 Å². The monoisotopic (exact) mass is 219 g/mol. The van der Waals surface area contributed by atoms with Crippen LogP contribution in [0.2, 0.25) is 0 Å². The van der Waals surface area contributed by atoms with Gasteiger partial charge in [0.2, 0.25) is 0 Å². The minimum Gasteiger partial charge on any atom is -0.455 e. The van der Waals surface area contributed by atoms with Crippen molar-refractivity contribution in [1.29, 1.82) is 0 Å². The maximum absolute atomic E-state index is 11.7. The predicted molar refractivity (Wildman–Crippen MR) is 61.4 cm³/mol. The number of carbonyl (C=O) groups excluding carboxylic acids is 1. The lowest BCUT2D eigenvalue weighted by Gasteiger charge is -2.19. The Kier molecular flexibility index (Phi) is 2.70. The second-order valence-electron chi connectivity index (χ2n) is 5.25. The lowest BCUT2D eigenvalue weighted by atomic mass is 10.1. The smallest absolute Gasteiger partial charge is 0.357 e. The summed E-state index contributed by atoms with van der Waals surface area (Å²) in [5.74, 6) is 0.315. The van der Waals surface area contributed by atoms with E-state index in [1.54, 1.807) is 12.3 Å². The molecular formula is C13H17NO2. The van der Waals surface area contributed by atoms with Crippen LogP contribution in [-0.2, 0) is 4.74 Å². The van der Waals surface area contributed by atoms with Crippen molar-refractivity contribution in [2.45, 2.75) is 45.1 Å². The van der Waals surface area contributed by atoms with Gasteiger partial charge in [0, 0.05) is 6.20 Å². The number of hydrogen-bond acceptors (Lipinski definition) is 3. The molecule has 0 unspecified atom stereocenters. The molecule has 0 N–H and O–H groups in total. The highest BCUT2D eigenvalue weighted by Gasteiger charge is 2.24. The molecule has 0 spiro atoms. The minimum atomic E-state index is -0.464. The number of aromatic nitrogens is 1. The van der Waals surface area contributed by atoms with Crippen LogP contribution in [-0.4, -0.2) is 16.6 Å². The van der Waals surface area contributed by atoms with Crippen LogP contribution >= 0.6 is 0 Å². The van der Waals surface area contributed by atoms with E-state index in [0.717, 1.165) is 0 Å². The number of carbonyl (C=O) groups is 1. The lowest BCUT2D eigenvalue weighted by Crippen LogP contribution is -2.24. The number of hydrogen-bond donors (Lipinski definition) is 0. The number of esters is 1. The Balaban J connectivity index is 2.06. The summed E-state index contributed by atoms with van der Waals surface area (Å²) in [7, 11) is 0. The largest absolute Gasteiger partial charge is 0.455 e. The summed E-state index contributed by atoms with van der Waals surface area (Å²) in [6, 6.07) is 3.73. The molecule has 2 rings (SSSR count). The third-order valence-electron chi connectivity index (χ3n) is 2.44. The van der Waals surface area contributed by atoms with Crippen molar-refractivity contribution < 1.29 is 9.53 Å². The molecule has 1 heterocycles. The van der Waals surface area contributed by atoms with E-state index in [1.807, 2.05) is 26.8 Å². The molecule has 16 heavy (non-hydrogen) atoms. The highest BCUT2D eigenvalue weighted by Crippen LogP contribution is 2.39. The van der Waals surface area contributed by atoms with Crippen LogP contribution in [0.4, 0.5) is 0 Å². The molecule has 86 valence electrons. The maximum Gasteiger partial charge on any atom is 0.357 e. The van der Waals surface area contributed by atoms with Crippen LogP contribution in [0.3, 0.4) is 0 Å². The summed E-state index contributed by atoms with van der Waals surface area (Å²) < 4.78 is 5.24. The van der Waals surface area contributed by atoms with Crippen LogP contribution in [0.25, 0.3) is 0 Å². The first-order chi connectivity index (χ1) is 7.46. The molecule has 0 radical (unpaired) electrons. The molecule has 1 aromatic heterocycles. The van der Waals surface area contributed by atoms with Crippen molar-refractivity contribution in [2.75, 3.05) is 0 Å². The number of nitrogens with zero attached hydrogens (tertiary/aromatic N) is 1. The molecular weight excluding hydrogens is 202 g/mol. The Morgan fingerprint density at radius 1 is 1.38 bits per heavy atom. The Hall–Kier alpha value is -1.38. The van der Waals surface area contributed by atoms with Gasteiger partial charge in [0.05, 0.1) is 0 Å². The Bertz CT molecular complexity index is 385. The van der Waals surface area contributed by atoms with Crippen LogP contribution in [0.5, 0.6) is 0 Å². The van der Waals surface area contributed by atoms with E-state index in [4.69, 9.17) is 4.74 Å². The van der Waals surface area contributed by atoms with E-state index in [2.05, 4.69) is 4.98 Å². The average Bonchev–Trinajstić information content (AvgIpc) is 2.98. The molecule has 0 aromatic carbocycles. The Morgan fingerprint density at radius 2 is 2.06 bits per heavy atom. The summed E-state index contributed by atoms with van der Waals surface area (Å²) in [6.45, 7) is 5.55. The normalized spacial score (nSPS) is 15.9. The number of ether oxygens (including phenoxy) is 1. The van der Waals surface area contributed by atoms with E-state index < -0.39 is 5.60 Å². The van der Waals surface area contributed by atoms with Gasteiger partial charge in [-0.15, -0.1) is 0 Å². The molecule has 1 saturated carbocycles. The SMILES string of the molecule is CC(C)(C)OC(=O)c1ccc(C2CC2)cn1. The van der Waals surface area contributed by atoms with Crippen LogP contribution in [0.1, 0.15) is 55.6 Å². The summed E-state index contributed by atoms with van der Waals surface area (Å²) in [5, 5.41) is 0. The zero-order valence-corrected chi connectivity index (χ0v) is 9.99. The summed E-state index contributed by atoms with van der Waals surface area (Å²) in [4.78, 5) is 15.8. The van der Waals surface area contributed by atoms with Gasteiger partial charge >= 0.3 is 5.97 Å². The fraction of sp³-hybridized carbons (Fsp3) is 0.538. The average molecular weight is 219 g/mol. The van der Waals surface area contributed by atoms with Gasteiger partial charge in [-0.2, -0.15) is 0 Å². The number of pyridine rings is 1. The summed E-state index contributed by atoms with van der Waals surface area (Å²) in [5.41, 5.74) is 1.15. The van der Waals surface area contributed by atoms with Crippen molar-refractivity contribution in [1.82, 2.24) is 4.98 Å². The van der Waals surface area contributed by atoms with Gasteiger partial charge in [-0.05, 0) is 51.2 Å². The van der Waals surface area contributed by atoms with Crippen molar-refractivity contribution >= 4 is 5.97 Å². The van der Waals surface area contributed by atoms with Crippen molar-refractivity contribution in [3.05, 3.63) is 29.6 Å². The first kappa shape index (κ1) is 11.1. The Labute approximate surface area is 95.8 Å². The van der Waals surface area contributed by atoms with Gasteiger partial charge in [-0.3, -0.25) is 0 Å². The van der Waals surface area contributed by atoms with Gasteiger partial charge < -0.3 is 4.74 Å². The Morgan fingerprint density at radius 3 is 2.50 bits per heavy atom. The van der Waals surface area contributed by atoms with Crippen LogP contribution < -0.4 is 0 Å². The van der Waals surface area contributed by atoms with E-state index in [0.29, 0.717) is 11.6 Å². The third kappa shape index (κ3) is 2.81. The molecule has 0 atom stereocenters. The van der Waals surface area contributed by atoms with Gasteiger partial charge in [0.1, 0.15) is 11.3 Å². The van der Waals surface area contributed by atoms with Crippen molar-refractivity contribution in [3.63, 3.8) is 0 Å². The first-order valence-electron chi connectivity index (χ1n) is 5.65. The molecule has 0 aliphatic heterocycles. The topological polar surface area (TPSA) is 39.2 Å². The molecule has 0 saturated heterocycles. The summed E-state index contributed by atoms with van der Waals surface area (Å²) >= 11 is 0. The molecule has 1 aliphatic carbocycles. The fourth-order valence-corrected chi connectivity index (χ4v) is 1.51. The van der Waals surface area contributed by atoms with Crippen LogP contribution in [0, 0.1) is 0 Å². The zero-order valence-electron chi connectivity index (χ0n) is 9.99. The standard InChI is InChI=1S/C13H17NO2/c1-13(2,3)16-12(15)11-7-6-10(8-14-11)9-4-5-9/h6-9H,4-5H2,1-3H3. The molecule has 0 amide bonds. The molecule has 0 bridgehead atoms. The highest BCUT2D eigenvalue weighted by molar-refractivity contribution is 5.87. The quantitative estimate of drug-likeness (QED) is 0.718. The minimum absolute atomic E-state index is 0.352. The second kappa shape index (κ2) is 3.89. The maximum atomic E-state index is 11.7. The van der Waals surface area contributed by atoms with E-state index in [9.17, 15) is 4.79 Å². The van der Waals surface area contributed by atoms with Crippen LogP contribution in [0.15, 0.2) is 18.3 Å². The number of rotatable bonds is 2. The fourth-order valence-electron chi connectivity index (χ4n) is 1.51. The molecule has 3 nitrogen and oxygen atoms in total. The van der Waals surface area contributed by atoms with Crippen molar-refractivity contribution in [3.8, 4) is 0 Å². The zero-order chi connectivity index (χ0) is 11.8. The third-order valence-corrected chi connectivity index (χ3v) is 2.44. The van der Waals surface area contributed by atoms with E-state index >= 15 is 0 Å². The first-order valence-corrected chi connectivity index (χ1v) is 5.65. The van der Waals surface area contributed by atoms with Crippen molar-refractivity contribution in [2.24, 2.45) is 0 Å².